The van der Waals surface area contributed by atoms with E-state index < -0.39 is 0 Å². The van der Waals surface area contributed by atoms with E-state index in [2.05, 4.69) is 20.2 Å². The van der Waals surface area contributed by atoms with Crippen molar-refractivity contribution in [2.24, 2.45) is 0 Å². The fourth-order valence-corrected chi connectivity index (χ4v) is 1.04. The maximum atomic E-state index is 5.60. The highest BCUT2D eigenvalue weighted by molar-refractivity contribution is 6.16. The second kappa shape index (κ2) is 3.49. The molecule has 0 aromatic carbocycles. The highest BCUT2D eigenvalue weighted by Crippen LogP contribution is 2.03. The molecular weight excluding hydrogens is 190 g/mol. The van der Waals surface area contributed by atoms with Crippen LogP contribution in [-0.4, -0.2) is 24.7 Å². The van der Waals surface area contributed by atoms with E-state index in [0.29, 0.717) is 11.8 Å². The summed E-state index contributed by atoms with van der Waals surface area (Å²) in [5, 5.41) is 7.52. The third kappa shape index (κ3) is 1.65. The van der Waals surface area contributed by atoms with Gasteiger partial charge in [0, 0.05) is 6.20 Å². The molecule has 66 valence electrons. The molecule has 0 radical (unpaired) electrons. The van der Waals surface area contributed by atoms with Crippen LogP contribution in [0.1, 0.15) is 5.69 Å². The van der Waals surface area contributed by atoms with Crippen molar-refractivity contribution >= 4 is 11.6 Å². The Balaban J connectivity index is 2.36. The number of alkyl halides is 1. The predicted octanol–water partition coefficient (Wildman–Crippen LogP) is 0.796. The SMILES string of the molecule is ClCc1cn(-c2nccnn2)cn1. The molecule has 0 N–H and O–H groups in total. The molecule has 5 nitrogen and oxygen atoms in total. The molecule has 0 saturated heterocycles. The Bertz CT molecular complexity index is 385. The van der Waals surface area contributed by atoms with Crippen LogP contribution in [0.5, 0.6) is 0 Å². The van der Waals surface area contributed by atoms with E-state index in [1.807, 2.05) is 0 Å². The summed E-state index contributed by atoms with van der Waals surface area (Å²) >= 11 is 5.60. The summed E-state index contributed by atoms with van der Waals surface area (Å²) in [6.07, 6.45) is 6.46. The van der Waals surface area contributed by atoms with E-state index in [1.54, 1.807) is 23.3 Å². The van der Waals surface area contributed by atoms with Gasteiger partial charge in [0.25, 0.3) is 5.95 Å². The topological polar surface area (TPSA) is 56.5 Å². The molecule has 2 heterocycles. The molecule has 0 saturated carbocycles. The van der Waals surface area contributed by atoms with Gasteiger partial charge in [-0.3, -0.25) is 4.57 Å². The van der Waals surface area contributed by atoms with Gasteiger partial charge in [-0.1, -0.05) is 0 Å². The van der Waals surface area contributed by atoms with E-state index in [-0.39, 0.29) is 0 Å². The van der Waals surface area contributed by atoms with Crippen molar-refractivity contribution in [1.82, 2.24) is 24.7 Å². The molecule has 0 aliphatic heterocycles. The van der Waals surface area contributed by atoms with E-state index >= 15 is 0 Å². The minimum atomic E-state index is 0.382. The number of hydrogen-bond acceptors (Lipinski definition) is 4. The first-order chi connectivity index (χ1) is 6.40. The summed E-state index contributed by atoms with van der Waals surface area (Å²) in [5.41, 5.74) is 0.786. The van der Waals surface area contributed by atoms with Crippen LogP contribution < -0.4 is 0 Å². The van der Waals surface area contributed by atoms with E-state index in [9.17, 15) is 0 Å². The number of rotatable bonds is 2. The van der Waals surface area contributed by atoms with Crippen molar-refractivity contribution in [2.75, 3.05) is 0 Å². The molecule has 6 heteroatoms. The van der Waals surface area contributed by atoms with Crippen LogP contribution in [0.4, 0.5) is 0 Å². The van der Waals surface area contributed by atoms with Crippen molar-refractivity contribution in [2.45, 2.75) is 5.88 Å². The van der Waals surface area contributed by atoms with Crippen molar-refractivity contribution < 1.29 is 0 Å². The number of nitrogens with zero attached hydrogens (tertiary/aromatic N) is 5. The summed E-state index contributed by atoms with van der Waals surface area (Å²) in [6, 6.07) is 0. The molecular formula is C7H6ClN5. The largest absolute Gasteiger partial charge is 0.273 e. The van der Waals surface area contributed by atoms with E-state index in [0.717, 1.165) is 5.69 Å². The zero-order chi connectivity index (χ0) is 9.10. The lowest BCUT2D eigenvalue weighted by molar-refractivity contribution is 0.852. The first kappa shape index (κ1) is 8.12. The second-order valence-electron chi connectivity index (χ2n) is 2.35. The minimum Gasteiger partial charge on any atom is -0.273 e. The molecule has 0 aliphatic carbocycles. The first-order valence-corrected chi connectivity index (χ1v) is 4.16. The smallest absolute Gasteiger partial charge is 0.254 e. The molecule has 0 fully saturated rings. The fourth-order valence-electron chi connectivity index (χ4n) is 0.901. The van der Waals surface area contributed by atoms with Crippen LogP contribution in [0.15, 0.2) is 24.9 Å². The van der Waals surface area contributed by atoms with Crippen LogP contribution in [0, 0.1) is 0 Å². The van der Waals surface area contributed by atoms with Gasteiger partial charge in [-0.15, -0.1) is 16.7 Å². The van der Waals surface area contributed by atoms with Crippen molar-refractivity contribution in [3.8, 4) is 5.95 Å². The summed E-state index contributed by atoms with van der Waals surface area (Å²) < 4.78 is 1.67. The van der Waals surface area contributed by atoms with E-state index in [1.165, 1.54) is 6.20 Å². The highest BCUT2D eigenvalue weighted by atomic mass is 35.5. The van der Waals surface area contributed by atoms with Crippen molar-refractivity contribution in [3.63, 3.8) is 0 Å². The van der Waals surface area contributed by atoms with Crippen LogP contribution >= 0.6 is 11.6 Å². The Hall–Kier alpha value is -1.49. The molecule has 0 spiro atoms. The van der Waals surface area contributed by atoms with Gasteiger partial charge in [0.2, 0.25) is 0 Å². The standard InChI is InChI=1S/C7H6ClN5/c8-3-6-4-13(5-10-6)7-9-1-2-11-12-7/h1-2,4-5H,3H2. The van der Waals surface area contributed by atoms with Crippen LogP contribution in [-0.2, 0) is 5.88 Å². The number of imidazole rings is 1. The van der Waals surface area contributed by atoms with Crippen LogP contribution in [0.2, 0.25) is 0 Å². The quantitative estimate of drug-likeness (QED) is 0.665. The maximum absolute atomic E-state index is 5.60. The van der Waals surface area contributed by atoms with Gasteiger partial charge in [-0.05, 0) is 0 Å². The monoisotopic (exact) mass is 195 g/mol. The molecule has 2 aromatic rings. The predicted molar refractivity (Wildman–Crippen MR) is 46.5 cm³/mol. The lowest BCUT2D eigenvalue weighted by Crippen LogP contribution is -1.98. The second-order valence-corrected chi connectivity index (χ2v) is 2.62. The summed E-state index contributed by atoms with van der Waals surface area (Å²) in [7, 11) is 0. The molecule has 2 rings (SSSR count). The van der Waals surface area contributed by atoms with Crippen LogP contribution in [0.25, 0.3) is 5.95 Å². The van der Waals surface area contributed by atoms with Gasteiger partial charge in [-0.25, -0.2) is 9.97 Å². The zero-order valence-electron chi connectivity index (χ0n) is 6.63. The normalized spacial score (nSPS) is 10.2. The zero-order valence-corrected chi connectivity index (χ0v) is 7.39. The number of hydrogen-bond donors (Lipinski definition) is 0. The van der Waals surface area contributed by atoms with Gasteiger partial charge in [0.15, 0.2) is 0 Å². The summed E-state index contributed by atoms with van der Waals surface area (Å²) in [6.45, 7) is 0. The van der Waals surface area contributed by atoms with E-state index in [4.69, 9.17) is 11.6 Å². The Morgan fingerprint density at radius 1 is 1.31 bits per heavy atom. The Morgan fingerprint density at radius 2 is 2.23 bits per heavy atom. The number of halogens is 1. The Labute approximate surface area is 79.4 Å². The van der Waals surface area contributed by atoms with Gasteiger partial charge in [0.05, 0.1) is 24.0 Å². The van der Waals surface area contributed by atoms with Crippen LogP contribution in [0.3, 0.4) is 0 Å². The van der Waals surface area contributed by atoms with Gasteiger partial charge >= 0.3 is 0 Å². The van der Waals surface area contributed by atoms with Gasteiger partial charge in [-0.2, -0.15) is 5.10 Å². The third-order valence-corrected chi connectivity index (χ3v) is 1.75. The van der Waals surface area contributed by atoms with Gasteiger partial charge in [0.1, 0.15) is 6.33 Å². The van der Waals surface area contributed by atoms with Crippen molar-refractivity contribution in [1.29, 1.82) is 0 Å². The average Bonchev–Trinajstić information content (AvgIpc) is 2.67. The molecule has 0 amide bonds. The molecule has 0 aliphatic rings. The lowest BCUT2D eigenvalue weighted by atomic mass is 10.6. The summed E-state index contributed by atoms with van der Waals surface area (Å²) in [5.74, 6) is 0.874. The average molecular weight is 196 g/mol. The lowest BCUT2D eigenvalue weighted by Gasteiger charge is -1.94. The minimum absolute atomic E-state index is 0.382. The Morgan fingerprint density at radius 3 is 2.85 bits per heavy atom. The van der Waals surface area contributed by atoms with Crippen molar-refractivity contribution in [3.05, 3.63) is 30.6 Å². The highest BCUT2D eigenvalue weighted by Gasteiger charge is 2.00. The maximum Gasteiger partial charge on any atom is 0.254 e. The number of aromatic nitrogens is 5. The van der Waals surface area contributed by atoms with Gasteiger partial charge < -0.3 is 0 Å². The molecule has 0 bridgehead atoms. The summed E-state index contributed by atoms with van der Waals surface area (Å²) in [4.78, 5) is 8.04. The molecule has 2 aromatic heterocycles. The molecule has 0 atom stereocenters. The molecule has 0 unspecified atom stereocenters. The fraction of sp³-hybridized carbons (Fsp3) is 0.143. The Kier molecular flexibility index (Phi) is 2.18. The first-order valence-electron chi connectivity index (χ1n) is 3.63. The molecule has 13 heavy (non-hydrogen) atoms. The third-order valence-electron chi connectivity index (χ3n) is 1.47.